The first-order valence-electron chi connectivity index (χ1n) is 7.49. The highest BCUT2D eigenvalue weighted by molar-refractivity contribution is 7.91. The third-order valence-electron chi connectivity index (χ3n) is 4.51. The number of hydrogen-bond acceptors (Lipinski definition) is 4. The highest BCUT2D eigenvalue weighted by atomic mass is 32.2. The van der Waals surface area contributed by atoms with Crippen LogP contribution in [0.5, 0.6) is 0 Å². The van der Waals surface area contributed by atoms with Crippen molar-refractivity contribution in [2.45, 2.75) is 45.1 Å². The standard InChI is InChI=1S/C14H27NO3S/c1-3-9-19(16,17)10-7-14(11-15-2)6-8-18-13(14)12-4-5-12/h12-13,15H,3-11H2,1-2H3. The van der Waals surface area contributed by atoms with Gasteiger partial charge in [-0.15, -0.1) is 0 Å². The van der Waals surface area contributed by atoms with E-state index in [1.165, 1.54) is 12.8 Å². The molecule has 1 saturated heterocycles. The Balaban J connectivity index is 2.02. The van der Waals surface area contributed by atoms with Gasteiger partial charge in [-0.2, -0.15) is 0 Å². The highest BCUT2D eigenvalue weighted by Crippen LogP contribution is 2.49. The van der Waals surface area contributed by atoms with Gasteiger partial charge in [0.15, 0.2) is 0 Å². The molecule has 2 unspecified atom stereocenters. The van der Waals surface area contributed by atoms with Gasteiger partial charge in [-0.3, -0.25) is 0 Å². The fourth-order valence-corrected chi connectivity index (χ4v) is 4.96. The molecule has 0 bridgehead atoms. The predicted octanol–water partition coefficient (Wildman–Crippen LogP) is 1.61. The molecule has 4 nitrogen and oxygen atoms in total. The quantitative estimate of drug-likeness (QED) is 0.737. The van der Waals surface area contributed by atoms with E-state index >= 15 is 0 Å². The average molecular weight is 289 g/mol. The molecular formula is C14H27NO3S. The van der Waals surface area contributed by atoms with Crippen molar-refractivity contribution in [1.82, 2.24) is 5.32 Å². The SMILES string of the molecule is CCCS(=O)(=O)CCC1(CNC)CCOC1C1CC1. The van der Waals surface area contributed by atoms with Gasteiger partial charge in [0.05, 0.1) is 11.9 Å². The Hall–Kier alpha value is -0.130. The Labute approximate surface area is 117 Å². The van der Waals surface area contributed by atoms with Crippen molar-refractivity contribution in [1.29, 1.82) is 0 Å². The second kappa shape index (κ2) is 6.10. The zero-order valence-electron chi connectivity index (χ0n) is 12.2. The van der Waals surface area contributed by atoms with E-state index in [0.717, 1.165) is 26.0 Å². The lowest BCUT2D eigenvalue weighted by atomic mass is 9.76. The van der Waals surface area contributed by atoms with Gasteiger partial charge in [-0.25, -0.2) is 8.42 Å². The van der Waals surface area contributed by atoms with Gasteiger partial charge in [0.25, 0.3) is 0 Å². The maximum Gasteiger partial charge on any atom is 0.150 e. The monoisotopic (exact) mass is 289 g/mol. The molecule has 0 amide bonds. The minimum atomic E-state index is -2.89. The molecule has 2 aliphatic rings. The average Bonchev–Trinajstić information content (AvgIpc) is 3.10. The fraction of sp³-hybridized carbons (Fsp3) is 1.00. The number of ether oxygens (including phenoxy) is 1. The van der Waals surface area contributed by atoms with Crippen LogP contribution in [-0.2, 0) is 14.6 Å². The fourth-order valence-electron chi connectivity index (χ4n) is 3.41. The third-order valence-corrected chi connectivity index (χ3v) is 6.36. The van der Waals surface area contributed by atoms with Gasteiger partial charge in [0, 0.05) is 24.3 Å². The summed E-state index contributed by atoms with van der Waals surface area (Å²) in [5.74, 6) is 1.30. The molecule has 1 aliphatic heterocycles. The van der Waals surface area contributed by atoms with Crippen LogP contribution in [0.4, 0.5) is 0 Å². The van der Waals surface area contributed by atoms with Gasteiger partial charge in [-0.1, -0.05) is 6.92 Å². The summed E-state index contributed by atoms with van der Waals surface area (Å²) in [6.07, 6.45) is 5.23. The zero-order chi connectivity index (χ0) is 13.9. The zero-order valence-corrected chi connectivity index (χ0v) is 13.0. The topological polar surface area (TPSA) is 55.4 Å². The molecule has 0 aromatic carbocycles. The van der Waals surface area contributed by atoms with Crippen LogP contribution < -0.4 is 5.32 Å². The normalized spacial score (nSPS) is 31.8. The summed E-state index contributed by atoms with van der Waals surface area (Å²) in [7, 11) is -0.939. The molecule has 0 aromatic rings. The summed E-state index contributed by atoms with van der Waals surface area (Å²) in [6.45, 7) is 3.58. The largest absolute Gasteiger partial charge is 0.377 e. The first kappa shape index (κ1) is 15.3. The summed E-state index contributed by atoms with van der Waals surface area (Å²) in [5.41, 5.74) is 0.0384. The van der Waals surface area contributed by atoms with Crippen molar-refractivity contribution in [3.05, 3.63) is 0 Å². The van der Waals surface area contributed by atoms with E-state index in [1.54, 1.807) is 0 Å². The second-order valence-electron chi connectivity index (χ2n) is 6.17. The van der Waals surface area contributed by atoms with E-state index in [4.69, 9.17) is 4.74 Å². The van der Waals surface area contributed by atoms with E-state index in [1.807, 2.05) is 14.0 Å². The van der Waals surface area contributed by atoms with Gasteiger partial charge < -0.3 is 10.1 Å². The summed E-state index contributed by atoms with van der Waals surface area (Å²) in [4.78, 5) is 0. The molecule has 0 aromatic heterocycles. The molecule has 19 heavy (non-hydrogen) atoms. The number of sulfone groups is 1. The molecule has 0 radical (unpaired) electrons. The number of nitrogens with one attached hydrogen (secondary N) is 1. The van der Waals surface area contributed by atoms with Crippen LogP contribution in [0.3, 0.4) is 0 Å². The molecular weight excluding hydrogens is 262 g/mol. The summed E-state index contributed by atoms with van der Waals surface area (Å²) >= 11 is 0. The lowest BCUT2D eigenvalue weighted by Crippen LogP contribution is -2.42. The first-order chi connectivity index (χ1) is 9.03. The van der Waals surface area contributed by atoms with E-state index < -0.39 is 9.84 Å². The molecule has 2 rings (SSSR count). The van der Waals surface area contributed by atoms with E-state index in [0.29, 0.717) is 23.8 Å². The Morgan fingerprint density at radius 3 is 2.63 bits per heavy atom. The van der Waals surface area contributed by atoms with Crippen LogP contribution in [0.1, 0.15) is 39.0 Å². The Bertz CT molecular complexity index is 391. The molecule has 1 heterocycles. The molecule has 0 spiro atoms. The maximum absolute atomic E-state index is 12.0. The minimum absolute atomic E-state index is 0.0384. The minimum Gasteiger partial charge on any atom is -0.377 e. The van der Waals surface area contributed by atoms with Crippen LogP contribution in [0.2, 0.25) is 0 Å². The van der Waals surface area contributed by atoms with Gasteiger partial charge in [0.1, 0.15) is 9.84 Å². The first-order valence-corrected chi connectivity index (χ1v) is 9.32. The van der Waals surface area contributed by atoms with Gasteiger partial charge in [0.2, 0.25) is 0 Å². The molecule has 2 fully saturated rings. The van der Waals surface area contributed by atoms with E-state index in [9.17, 15) is 8.42 Å². The predicted molar refractivity (Wildman–Crippen MR) is 77.0 cm³/mol. The number of rotatable bonds is 8. The van der Waals surface area contributed by atoms with Crippen molar-refractivity contribution in [3.8, 4) is 0 Å². The van der Waals surface area contributed by atoms with Crippen LogP contribution in [0.15, 0.2) is 0 Å². The van der Waals surface area contributed by atoms with Crippen molar-refractivity contribution in [2.75, 3.05) is 31.7 Å². The van der Waals surface area contributed by atoms with Crippen molar-refractivity contribution >= 4 is 9.84 Å². The summed E-state index contributed by atoms with van der Waals surface area (Å²) < 4.78 is 29.9. The molecule has 1 N–H and O–H groups in total. The van der Waals surface area contributed by atoms with Crippen molar-refractivity contribution in [3.63, 3.8) is 0 Å². The molecule has 1 saturated carbocycles. The van der Waals surface area contributed by atoms with Gasteiger partial charge in [-0.05, 0) is 45.1 Å². The maximum atomic E-state index is 12.0. The van der Waals surface area contributed by atoms with Crippen molar-refractivity contribution in [2.24, 2.45) is 11.3 Å². The second-order valence-corrected chi connectivity index (χ2v) is 8.48. The van der Waals surface area contributed by atoms with Crippen LogP contribution in [0.25, 0.3) is 0 Å². The highest BCUT2D eigenvalue weighted by Gasteiger charge is 2.50. The molecule has 1 aliphatic carbocycles. The van der Waals surface area contributed by atoms with Crippen LogP contribution in [0, 0.1) is 11.3 Å². The Morgan fingerprint density at radius 1 is 1.32 bits per heavy atom. The third kappa shape index (κ3) is 3.70. The molecule has 112 valence electrons. The van der Waals surface area contributed by atoms with Crippen molar-refractivity contribution < 1.29 is 13.2 Å². The lowest BCUT2D eigenvalue weighted by molar-refractivity contribution is 0.0300. The Kier molecular flexibility index (Phi) is 4.90. The van der Waals surface area contributed by atoms with E-state index in [2.05, 4.69) is 5.32 Å². The van der Waals surface area contributed by atoms with Crippen LogP contribution >= 0.6 is 0 Å². The number of hydrogen-bond donors (Lipinski definition) is 1. The smallest absolute Gasteiger partial charge is 0.150 e. The summed E-state index contributed by atoms with van der Waals surface area (Å²) in [5, 5.41) is 3.26. The van der Waals surface area contributed by atoms with Gasteiger partial charge >= 0.3 is 0 Å². The van der Waals surface area contributed by atoms with Crippen LogP contribution in [-0.4, -0.2) is 46.2 Å². The lowest BCUT2D eigenvalue weighted by Gasteiger charge is -2.34. The summed E-state index contributed by atoms with van der Waals surface area (Å²) in [6, 6.07) is 0. The molecule has 5 heteroatoms. The van der Waals surface area contributed by atoms with E-state index in [-0.39, 0.29) is 11.5 Å². The Morgan fingerprint density at radius 2 is 2.05 bits per heavy atom. The molecule has 2 atom stereocenters.